The fourth-order valence-electron chi connectivity index (χ4n) is 2.52. The van der Waals surface area contributed by atoms with Crippen LogP contribution in [0.4, 0.5) is 13.2 Å². The largest absolute Gasteiger partial charge is 0.389 e. The summed E-state index contributed by atoms with van der Waals surface area (Å²) in [6, 6.07) is -0.433. The van der Waals surface area contributed by atoms with E-state index in [0.717, 1.165) is 6.42 Å². The van der Waals surface area contributed by atoms with Crippen molar-refractivity contribution in [1.82, 2.24) is 9.80 Å². The Hall–Kier alpha value is -1.27. The van der Waals surface area contributed by atoms with E-state index in [1.165, 1.54) is 4.90 Å². The molecule has 0 bridgehead atoms. The predicted octanol–water partition coefficient (Wildman–Crippen LogP) is 1.16. The van der Waals surface area contributed by atoms with Crippen LogP contribution in [0, 0.1) is 0 Å². The normalized spacial score (nSPS) is 24.7. The molecule has 0 spiro atoms. The van der Waals surface area contributed by atoms with E-state index in [1.54, 1.807) is 4.90 Å². The number of halogens is 3. The van der Waals surface area contributed by atoms with E-state index < -0.39 is 18.6 Å². The minimum atomic E-state index is -4.21. The van der Waals surface area contributed by atoms with Gasteiger partial charge < -0.3 is 9.80 Å². The topological polar surface area (TPSA) is 40.6 Å². The average molecular weight is 264 g/mol. The second kappa shape index (κ2) is 4.78. The van der Waals surface area contributed by atoms with Gasteiger partial charge in [-0.1, -0.05) is 0 Å². The van der Waals surface area contributed by atoms with Crippen LogP contribution in [0.1, 0.15) is 25.7 Å². The number of carbonyl (C=O) groups is 2. The van der Waals surface area contributed by atoms with Gasteiger partial charge in [-0.05, 0) is 19.3 Å². The Morgan fingerprint density at radius 1 is 1.28 bits per heavy atom. The van der Waals surface area contributed by atoms with Crippen molar-refractivity contribution in [1.29, 1.82) is 0 Å². The summed E-state index contributed by atoms with van der Waals surface area (Å²) in [4.78, 5) is 26.5. The van der Waals surface area contributed by atoms with Gasteiger partial charge in [0.1, 0.15) is 6.04 Å². The minimum absolute atomic E-state index is 0.00836. The molecule has 4 nitrogen and oxygen atoms in total. The fourth-order valence-corrected chi connectivity index (χ4v) is 2.52. The number of alkyl halides is 3. The molecular weight excluding hydrogens is 249 g/mol. The maximum absolute atomic E-state index is 12.0. The van der Waals surface area contributed by atoms with Crippen molar-refractivity contribution in [3.63, 3.8) is 0 Å². The highest BCUT2D eigenvalue weighted by molar-refractivity contribution is 5.95. The number of hydrogen-bond acceptors (Lipinski definition) is 2. The summed E-state index contributed by atoms with van der Waals surface area (Å²) in [5.41, 5.74) is 0. The first-order valence-electron chi connectivity index (χ1n) is 6.03. The van der Waals surface area contributed by atoms with Gasteiger partial charge in [0, 0.05) is 19.5 Å². The average Bonchev–Trinajstić information content (AvgIpc) is 2.72. The quantitative estimate of drug-likeness (QED) is 0.767. The molecule has 102 valence electrons. The van der Waals surface area contributed by atoms with E-state index in [4.69, 9.17) is 0 Å². The molecule has 18 heavy (non-hydrogen) atoms. The van der Waals surface area contributed by atoms with Crippen molar-refractivity contribution in [2.45, 2.75) is 37.9 Å². The number of carbonyl (C=O) groups excluding carboxylic acids is 2. The van der Waals surface area contributed by atoms with Crippen LogP contribution in [0.5, 0.6) is 0 Å². The minimum Gasteiger partial charge on any atom is -0.332 e. The molecule has 2 saturated heterocycles. The number of amides is 2. The van der Waals surface area contributed by atoms with Crippen LogP contribution < -0.4 is 0 Å². The lowest BCUT2D eigenvalue weighted by Crippen LogP contribution is -2.57. The molecule has 2 rings (SSSR count). The first kappa shape index (κ1) is 13.2. The van der Waals surface area contributed by atoms with Crippen LogP contribution >= 0.6 is 0 Å². The summed E-state index contributed by atoms with van der Waals surface area (Å²) in [7, 11) is 0. The van der Waals surface area contributed by atoms with E-state index in [1.807, 2.05) is 0 Å². The molecule has 2 heterocycles. The third-order valence-electron chi connectivity index (χ3n) is 3.38. The molecular formula is C11H15F3N2O2. The zero-order chi connectivity index (χ0) is 13.3. The number of nitrogens with zero attached hydrogens (tertiary/aromatic N) is 2. The van der Waals surface area contributed by atoms with Crippen molar-refractivity contribution in [2.75, 3.05) is 19.6 Å². The second-order valence-corrected chi connectivity index (χ2v) is 4.72. The molecule has 0 saturated carbocycles. The summed E-state index contributed by atoms with van der Waals surface area (Å²) in [5.74, 6) is -0.349. The smallest absolute Gasteiger partial charge is 0.332 e. The van der Waals surface area contributed by atoms with Crippen LogP contribution in [0.25, 0.3) is 0 Å². The maximum atomic E-state index is 12.0. The molecule has 2 fully saturated rings. The van der Waals surface area contributed by atoms with E-state index >= 15 is 0 Å². The van der Waals surface area contributed by atoms with Gasteiger partial charge in [0.2, 0.25) is 11.8 Å². The molecule has 0 N–H and O–H groups in total. The van der Waals surface area contributed by atoms with Gasteiger partial charge in [-0.15, -0.1) is 0 Å². The van der Waals surface area contributed by atoms with E-state index in [0.29, 0.717) is 13.0 Å². The third-order valence-corrected chi connectivity index (χ3v) is 3.38. The van der Waals surface area contributed by atoms with Gasteiger partial charge in [0.05, 0.1) is 6.54 Å². The first-order valence-corrected chi connectivity index (χ1v) is 6.03. The van der Waals surface area contributed by atoms with E-state index in [2.05, 4.69) is 0 Å². The SMILES string of the molecule is O=C1C2CCCN2C(=O)CN1CCCC(F)(F)F. The highest BCUT2D eigenvalue weighted by Crippen LogP contribution is 2.25. The lowest BCUT2D eigenvalue weighted by molar-refractivity contribution is -0.155. The Labute approximate surface area is 103 Å². The molecule has 7 heteroatoms. The summed E-state index contributed by atoms with van der Waals surface area (Å²) in [6.07, 6.45) is -3.85. The number of hydrogen-bond donors (Lipinski definition) is 0. The van der Waals surface area contributed by atoms with Crippen molar-refractivity contribution >= 4 is 11.8 Å². The van der Waals surface area contributed by atoms with Crippen LogP contribution in [-0.4, -0.2) is 53.5 Å². The summed E-state index contributed by atoms with van der Waals surface area (Å²) < 4.78 is 36.1. The molecule has 0 aromatic rings. The molecule has 2 aliphatic rings. The molecule has 1 atom stereocenters. The Morgan fingerprint density at radius 3 is 2.67 bits per heavy atom. The third kappa shape index (κ3) is 2.76. The molecule has 0 aromatic heterocycles. The molecule has 2 aliphatic heterocycles. The first-order chi connectivity index (χ1) is 8.38. The van der Waals surface area contributed by atoms with Gasteiger partial charge in [-0.2, -0.15) is 13.2 Å². The lowest BCUT2D eigenvalue weighted by atomic mass is 10.1. The van der Waals surface area contributed by atoms with Crippen LogP contribution in [0.2, 0.25) is 0 Å². The number of rotatable bonds is 3. The highest BCUT2D eigenvalue weighted by atomic mass is 19.4. The highest BCUT2D eigenvalue weighted by Gasteiger charge is 2.41. The summed E-state index contributed by atoms with van der Waals surface area (Å²) >= 11 is 0. The van der Waals surface area contributed by atoms with Crippen molar-refractivity contribution in [2.24, 2.45) is 0 Å². The summed E-state index contributed by atoms with van der Waals surface area (Å²) in [5, 5.41) is 0. The standard InChI is InChI=1S/C11H15F3N2O2/c12-11(13,14)4-2-5-15-7-9(17)16-6-1-3-8(16)10(15)18/h8H,1-7H2. The van der Waals surface area contributed by atoms with Gasteiger partial charge >= 0.3 is 6.18 Å². The Morgan fingerprint density at radius 2 is 2.00 bits per heavy atom. The van der Waals surface area contributed by atoms with Crippen LogP contribution in [0.3, 0.4) is 0 Å². The second-order valence-electron chi connectivity index (χ2n) is 4.72. The number of fused-ring (bicyclic) bond motifs is 1. The summed E-state index contributed by atoms with van der Waals surface area (Å²) in [6.45, 7) is 0.521. The van der Waals surface area contributed by atoms with Gasteiger partial charge in [-0.3, -0.25) is 9.59 Å². The fraction of sp³-hybridized carbons (Fsp3) is 0.818. The molecule has 0 aromatic carbocycles. The zero-order valence-corrected chi connectivity index (χ0v) is 9.87. The Bertz CT molecular complexity index is 357. The molecule has 0 aliphatic carbocycles. The van der Waals surface area contributed by atoms with Gasteiger partial charge in [0.15, 0.2) is 0 Å². The molecule has 1 unspecified atom stereocenters. The van der Waals surface area contributed by atoms with Crippen LogP contribution in [0.15, 0.2) is 0 Å². The molecule has 0 radical (unpaired) electrons. The lowest BCUT2D eigenvalue weighted by Gasteiger charge is -2.36. The Balaban J connectivity index is 1.89. The van der Waals surface area contributed by atoms with Gasteiger partial charge in [-0.25, -0.2) is 0 Å². The number of piperazine rings is 1. The Kier molecular flexibility index (Phi) is 3.49. The van der Waals surface area contributed by atoms with Crippen molar-refractivity contribution in [3.8, 4) is 0 Å². The van der Waals surface area contributed by atoms with E-state index in [-0.39, 0.29) is 31.3 Å². The van der Waals surface area contributed by atoms with Gasteiger partial charge in [0.25, 0.3) is 0 Å². The maximum Gasteiger partial charge on any atom is 0.389 e. The zero-order valence-electron chi connectivity index (χ0n) is 9.87. The van der Waals surface area contributed by atoms with Crippen molar-refractivity contribution in [3.05, 3.63) is 0 Å². The van der Waals surface area contributed by atoms with Crippen molar-refractivity contribution < 1.29 is 22.8 Å². The monoisotopic (exact) mass is 264 g/mol. The predicted molar refractivity (Wildman–Crippen MR) is 56.6 cm³/mol. The van der Waals surface area contributed by atoms with E-state index in [9.17, 15) is 22.8 Å². The molecule has 2 amide bonds. The van der Waals surface area contributed by atoms with Crippen LogP contribution in [-0.2, 0) is 9.59 Å².